The molecule has 2 nitrogen and oxygen atoms in total. The highest BCUT2D eigenvalue weighted by Gasteiger charge is 2.19. The van der Waals surface area contributed by atoms with Crippen molar-refractivity contribution in [2.45, 2.75) is 26.3 Å². The van der Waals surface area contributed by atoms with Gasteiger partial charge in [-0.15, -0.1) is 0 Å². The topological polar surface area (TPSA) is 24.9 Å². The van der Waals surface area contributed by atoms with Gasteiger partial charge in [-0.3, -0.25) is 4.98 Å². The van der Waals surface area contributed by atoms with E-state index in [1.807, 2.05) is 6.07 Å². The molecule has 0 spiro atoms. The Bertz CT molecular complexity index is 632. The molecule has 5 heteroatoms. The van der Waals surface area contributed by atoms with Gasteiger partial charge in [0.2, 0.25) is 0 Å². The fraction of sp³-hybridized carbons (Fsp3) is 0.312. The van der Waals surface area contributed by atoms with E-state index < -0.39 is 0 Å². The molecule has 1 heterocycles. The molecule has 0 saturated carbocycles. The molecule has 1 aromatic heterocycles. The van der Waals surface area contributed by atoms with Gasteiger partial charge in [-0.2, -0.15) is 0 Å². The van der Waals surface area contributed by atoms with Crippen molar-refractivity contribution < 1.29 is 4.39 Å². The number of aryl methyl sites for hydroxylation is 1. The van der Waals surface area contributed by atoms with Crippen molar-refractivity contribution in [3.8, 4) is 0 Å². The van der Waals surface area contributed by atoms with E-state index in [1.54, 1.807) is 25.3 Å². The van der Waals surface area contributed by atoms with E-state index in [0.29, 0.717) is 21.3 Å². The number of halogens is 3. The van der Waals surface area contributed by atoms with Crippen LogP contribution in [-0.4, -0.2) is 11.5 Å². The van der Waals surface area contributed by atoms with Crippen LogP contribution in [0, 0.1) is 12.7 Å². The number of nitrogens with zero attached hydrogens (tertiary/aromatic N) is 1. The fourth-order valence-electron chi connectivity index (χ4n) is 2.15. The van der Waals surface area contributed by atoms with E-state index in [2.05, 4.69) is 17.2 Å². The highest BCUT2D eigenvalue weighted by molar-refractivity contribution is 6.34. The zero-order chi connectivity index (χ0) is 15.4. The van der Waals surface area contributed by atoms with Crippen molar-refractivity contribution in [2.75, 3.05) is 6.54 Å². The number of aromatic nitrogens is 1. The van der Waals surface area contributed by atoms with Crippen molar-refractivity contribution in [1.82, 2.24) is 10.3 Å². The van der Waals surface area contributed by atoms with Crippen LogP contribution in [0.2, 0.25) is 10.0 Å². The molecule has 0 aliphatic carbocycles. The Labute approximate surface area is 134 Å². The smallest absolute Gasteiger partial charge is 0.126 e. The van der Waals surface area contributed by atoms with E-state index in [-0.39, 0.29) is 11.9 Å². The van der Waals surface area contributed by atoms with Gasteiger partial charge in [0.05, 0.1) is 21.8 Å². The van der Waals surface area contributed by atoms with Crippen LogP contribution >= 0.6 is 23.2 Å². The van der Waals surface area contributed by atoms with Crippen molar-refractivity contribution in [1.29, 1.82) is 0 Å². The van der Waals surface area contributed by atoms with Gasteiger partial charge in [-0.1, -0.05) is 42.3 Å². The molecular formula is C16H17Cl2FN2. The molecule has 0 amide bonds. The van der Waals surface area contributed by atoms with Crippen LogP contribution in [0.3, 0.4) is 0 Å². The molecule has 1 unspecified atom stereocenters. The molecule has 1 atom stereocenters. The monoisotopic (exact) mass is 326 g/mol. The van der Waals surface area contributed by atoms with Gasteiger partial charge in [-0.05, 0) is 43.1 Å². The van der Waals surface area contributed by atoms with Crippen LogP contribution in [0.4, 0.5) is 4.39 Å². The zero-order valence-electron chi connectivity index (χ0n) is 12.0. The van der Waals surface area contributed by atoms with Gasteiger partial charge in [0.15, 0.2) is 0 Å². The maximum absolute atomic E-state index is 13.5. The largest absolute Gasteiger partial charge is 0.305 e. The molecule has 21 heavy (non-hydrogen) atoms. The summed E-state index contributed by atoms with van der Waals surface area (Å²) in [6.07, 6.45) is 2.54. The van der Waals surface area contributed by atoms with Crippen LogP contribution in [0.15, 0.2) is 30.5 Å². The zero-order valence-corrected chi connectivity index (χ0v) is 13.5. The molecule has 0 bridgehead atoms. The Morgan fingerprint density at radius 1 is 1.29 bits per heavy atom. The summed E-state index contributed by atoms with van der Waals surface area (Å²) in [6, 6.07) is 6.52. The third-order valence-electron chi connectivity index (χ3n) is 3.22. The summed E-state index contributed by atoms with van der Waals surface area (Å²) in [5.74, 6) is -0.219. The summed E-state index contributed by atoms with van der Waals surface area (Å²) in [7, 11) is 0. The van der Waals surface area contributed by atoms with Crippen LogP contribution in [0.1, 0.15) is 36.2 Å². The molecule has 0 radical (unpaired) electrons. The quantitative estimate of drug-likeness (QED) is 0.843. The third-order valence-corrected chi connectivity index (χ3v) is 3.73. The maximum atomic E-state index is 13.5. The second-order valence-corrected chi connectivity index (χ2v) is 5.76. The first-order valence-corrected chi connectivity index (χ1v) is 7.59. The molecule has 112 valence electrons. The lowest BCUT2D eigenvalue weighted by molar-refractivity contribution is 0.580. The Hall–Kier alpha value is -1.16. The molecule has 0 fully saturated rings. The molecule has 2 rings (SSSR count). The van der Waals surface area contributed by atoms with E-state index in [1.165, 1.54) is 6.07 Å². The number of benzene rings is 1. The van der Waals surface area contributed by atoms with Gasteiger partial charge in [0.1, 0.15) is 5.82 Å². The maximum Gasteiger partial charge on any atom is 0.126 e. The Balaban J connectivity index is 2.44. The van der Waals surface area contributed by atoms with E-state index in [0.717, 1.165) is 18.5 Å². The highest BCUT2D eigenvalue weighted by atomic mass is 35.5. The summed E-state index contributed by atoms with van der Waals surface area (Å²) in [5.41, 5.74) is 2.22. The number of rotatable bonds is 5. The third kappa shape index (κ3) is 3.94. The van der Waals surface area contributed by atoms with Crippen LogP contribution in [-0.2, 0) is 0 Å². The van der Waals surface area contributed by atoms with E-state index in [4.69, 9.17) is 23.2 Å². The number of pyridine rings is 1. The van der Waals surface area contributed by atoms with Crippen LogP contribution < -0.4 is 5.32 Å². The van der Waals surface area contributed by atoms with Gasteiger partial charge in [0, 0.05) is 6.20 Å². The first-order valence-electron chi connectivity index (χ1n) is 6.83. The van der Waals surface area contributed by atoms with Crippen molar-refractivity contribution in [3.05, 3.63) is 63.1 Å². The Morgan fingerprint density at radius 3 is 2.67 bits per heavy atom. The molecular weight excluding hydrogens is 310 g/mol. The van der Waals surface area contributed by atoms with Gasteiger partial charge < -0.3 is 5.32 Å². The lowest BCUT2D eigenvalue weighted by atomic mass is 10.0. The number of nitrogens with one attached hydrogen (secondary N) is 1. The Kier molecular flexibility index (Phi) is 5.57. The molecule has 0 saturated heterocycles. The molecule has 0 aliphatic heterocycles. The summed E-state index contributed by atoms with van der Waals surface area (Å²) < 4.78 is 13.5. The minimum absolute atomic E-state index is 0.186. The number of hydrogen-bond donors (Lipinski definition) is 1. The van der Waals surface area contributed by atoms with Crippen LogP contribution in [0.5, 0.6) is 0 Å². The second-order valence-electron chi connectivity index (χ2n) is 4.92. The predicted octanol–water partition coefficient (Wildman–Crippen LogP) is 4.92. The molecule has 0 aliphatic rings. The molecule has 1 aromatic carbocycles. The lowest BCUT2D eigenvalue weighted by Gasteiger charge is -2.20. The summed E-state index contributed by atoms with van der Waals surface area (Å²) in [4.78, 5) is 4.34. The van der Waals surface area contributed by atoms with Gasteiger partial charge in [-0.25, -0.2) is 4.39 Å². The minimum Gasteiger partial charge on any atom is -0.305 e. The summed E-state index contributed by atoms with van der Waals surface area (Å²) in [5, 5.41) is 4.39. The average Bonchev–Trinajstić information content (AvgIpc) is 2.44. The standard InChI is InChI=1S/C16H17Cl2FN2/c1-3-6-20-15(11-4-5-14(19)10(2)7-11)16-13(18)8-12(17)9-21-16/h4-5,7-9,15,20H,3,6H2,1-2H3. The highest BCUT2D eigenvalue weighted by Crippen LogP contribution is 2.29. The fourth-order valence-corrected chi connectivity index (χ4v) is 2.64. The van der Waals surface area contributed by atoms with Gasteiger partial charge in [0.25, 0.3) is 0 Å². The SMILES string of the molecule is CCCNC(c1ccc(F)c(C)c1)c1ncc(Cl)cc1Cl. The van der Waals surface area contributed by atoms with Crippen molar-refractivity contribution >= 4 is 23.2 Å². The predicted molar refractivity (Wildman–Crippen MR) is 85.5 cm³/mol. The summed E-state index contributed by atoms with van der Waals surface area (Å²) >= 11 is 12.2. The normalized spacial score (nSPS) is 12.4. The van der Waals surface area contributed by atoms with Gasteiger partial charge >= 0.3 is 0 Å². The molecule has 1 N–H and O–H groups in total. The minimum atomic E-state index is -0.219. The Morgan fingerprint density at radius 2 is 2.05 bits per heavy atom. The first-order chi connectivity index (χ1) is 10.0. The lowest BCUT2D eigenvalue weighted by Crippen LogP contribution is -2.24. The average molecular weight is 327 g/mol. The first kappa shape index (κ1) is 16.2. The second kappa shape index (κ2) is 7.21. The van der Waals surface area contributed by atoms with Crippen molar-refractivity contribution in [3.63, 3.8) is 0 Å². The van der Waals surface area contributed by atoms with Crippen molar-refractivity contribution in [2.24, 2.45) is 0 Å². The number of hydrogen-bond acceptors (Lipinski definition) is 2. The van der Waals surface area contributed by atoms with E-state index in [9.17, 15) is 4.39 Å². The van der Waals surface area contributed by atoms with Crippen LogP contribution in [0.25, 0.3) is 0 Å². The summed E-state index contributed by atoms with van der Waals surface area (Å²) in [6.45, 7) is 4.63. The van der Waals surface area contributed by atoms with E-state index >= 15 is 0 Å². The molecule has 2 aromatic rings.